The van der Waals surface area contributed by atoms with E-state index in [0.717, 1.165) is 25.0 Å². The number of methoxy groups -OCH3 is 1. The smallest absolute Gasteiger partial charge is 0.150 e. The van der Waals surface area contributed by atoms with Gasteiger partial charge in [0.1, 0.15) is 5.82 Å². The van der Waals surface area contributed by atoms with E-state index < -0.39 is 11.6 Å². The molecule has 102 valence electrons. The summed E-state index contributed by atoms with van der Waals surface area (Å²) in [5, 5.41) is 2.94. The molecule has 0 bridgehead atoms. The fourth-order valence-corrected chi connectivity index (χ4v) is 1.90. The van der Waals surface area contributed by atoms with Crippen LogP contribution in [-0.4, -0.2) is 26.3 Å². The minimum Gasteiger partial charge on any atom is -0.383 e. The predicted octanol–water partition coefficient (Wildman–Crippen LogP) is 2.78. The van der Waals surface area contributed by atoms with Gasteiger partial charge in [0.2, 0.25) is 0 Å². The topological polar surface area (TPSA) is 47.3 Å². The Morgan fingerprint density at radius 2 is 2.17 bits per heavy atom. The van der Waals surface area contributed by atoms with E-state index in [1.165, 1.54) is 0 Å². The van der Waals surface area contributed by atoms with Crippen LogP contribution in [0.1, 0.15) is 12.8 Å². The number of hydrogen-bond acceptors (Lipinski definition) is 3. The molecule has 6 heteroatoms. The fourth-order valence-electron chi connectivity index (χ4n) is 1.65. The van der Waals surface area contributed by atoms with Gasteiger partial charge in [-0.25, -0.2) is 8.78 Å². The van der Waals surface area contributed by atoms with Crippen molar-refractivity contribution in [2.75, 3.05) is 25.6 Å². The van der Waals surface area contributed by atoms with E-state index >= 15 is 0 Å². The van der Waals surface area contributed by atoms with Gasteiger partial charge < -0.3 is 15.8 Å². The lowest BCUT2D eigenvalue weighted by atomic mass is 10.1. The third-order valence-corrected chi connectivity index (χ3v) is 2.78. The Bertz CT molecular complexity index is 367. The van der Waals surface area contributed by atoms with Crippen LogP contribution in [0.2, 0.25) is 5.02 Å². The van der Waals surface area contributed by atoms with Crippen LogP contribution in [-0.2, 0) is 4.74 Å². The largest absolute Gasteiger partial charge is 0.383 e. The van der Waals surface area contributed by atoms with Crippen LogP contribution in [0.25, 0.3) is 0 Å². The summed E-state index contributed by atoms with van der Waals surface area (Å²) in [4.78, 5) is 0. The van der Waals surface area contributed by atoms with Crippen molar-refractivity contribution in [2.24, 2.45) is 5.73 Å². The van der Waals surface area contributed by atoms with Crippen molar-refractivity contribution >= 4 is 17.3 Å². The lowest BCUT2D eigenvalue weighted by molar-refractivity contribution is 0.182. The van der Waals surface area contributed by atoms with E-state index in [2.05, 4.69) is 5.32 Å². The first-order valence-corrected chi connectivity index (χ1v) is 6.06. The summed E-state index contributed by atoms with van der Waals surface area (Å²) in [6.07, 6.45) is 1.50. The third kappa shape index (κ3) is 4.40. The molecule has 0 saturated carbocycles. The van der Waals surface area contributed by atoms with Gasteiger partial charge in [0.25, 0.3) is 0 Å². The first-order valence-electron chi connectivity index (χ1n) is 5.68. The number of anilines is 1. The van der Waals surface area contributed by atoms with Crippen molar-refractivity contribution in [1.82, 2.24) is 0 Å². The van der Waals surface area contributed by atoms with Crippen LogP contribution in [0.3, 0.4) is 0 Å². The Balaban J connectivity index is 2.79. The zero-order valence-electron chi connectivity index (χ0n) is 10.2. The van der Waals surface area contributed by atoms with Gasteiger partial charge in [-0.3, -0.25) is 0 Å². The highest BCUT2D eigenvalue weighted by molar-refractivity contribution is 6.33. The number of halogens is 3. The van der Waals surface area contributed by atoms with E-state index in [1.54, 1.807) is 7.11 Å². The first-order chi connectivity index (χ1) is 8.58. The molecule has 1 unspecified atom stereocenters. The fraction of sp³-hybridized carbons (Fsp3) is 0.500. The quantitative estimate of drug-likeness (QED) is 0.806. The summed E-state index contributed by atoms with van der Waals surface area (Å²) in [7, 11) is 1.56. The second-order valence-electron chi connectivity index (χ2n) is 3.97. The minimum atomic E-state index is -0.714. The van der Waals surface area contributed by atoms with Crippen molar-refractivity contribution in [1.29, 1.82) is 0 Å². The lowest BCUT2D eigenvalue weighted by Gasteiger charge is -2.20. The van der Waals surface area contributed by atoms with Gasteiger partial charge in [0, 0.05) is 19.2 Å². The maximum atomic E-state index is 13.6. The Hall–Kier alpha value is -0.910. The Morgan fingerprint density at radius 3 is 2.72 bits per heavy atom. The van der Waals surface area contributed by atoms with Crippen molar-refractivity contribution in [2.45, 2.75) is 18.9 Å². The van der Waals surface area contributed by atoms with Crippen LogP contribution < -0.4 is 11.1 Å². The molecule has 0 spiro atoms. The average molecular weight is 279 g/mol. The highest BCUT2D eigenvalue weighted by atomic mass is 35.5. The van der Waals surface area contributed by atoms with Crippen molar-refractivity contribution < 1.29 is 13.5 Å². The molecule has 0 radical (unpaired) electrons. The lowest BCUT2D eigenvalue weighted by Crippen LogP contribution is -2.26. The molecule has 0 amide bonds. The average Bonchev–Trinajstić information content (AvgIpc) is 2.30. The van der Waals surface area contributed by atoms with Crippen LogP contribution in [0.5, 0.6) is 0 Å². The number of ether oxygens (including phenoxy) is 1. The predicted molar refractivity (Wildman–Crippen MR) is 68.9 cm³/mol. The minimum absolute atomic E-state index is 0.0151. The van der Waals surface area contributed by atoms with E-state index in [-0.39, 0.29) is 16.8 Å². The van der Waals surface area contributed by atoms with Crippen molar-refractivity contribution in [3.05, 3.63) is 28.8 Å². The molecular formula is C12H17ClF2N2O. The molecule has 0 saturated heterocycles. The number of hydrogen-bond donors (Lipinski definition) is 2. The maximum Gasteiger partial charge on any atom is 0.150 e. The standard InChI is InChI=1S/C12H17ClF2N2O/c1-18-7-9(3-2-4-16)17-12-10(13)5-8(14)6-11(12)15/h5-6,9,17H,2-4,7,16H2,1H3. The number of benzene rings is 1. The van der Waals surface area contributed by atoms with E-state index in [4.69, 9.17) is 22.1 Å². The molecule has 0 heterocycles. The van der Waals surface area contributed by atoms with Crippen molar-refractivity contribution in [3.63, 3.8) is 0 Å². The van der Waals surface area contributed by atoms with Crippen LogP contribution >= 0.6 is 11.6 Å². The first kappa shape index (κ1) is 15.1. The van der Waals surface area contributed by atoms with Crippen LogP contribution in [0.15, 0.2) is 12.1 Å². The Morgan fingerprint density at radius 1 is 1.44 bits per heavy atom. The van der Waals surface area contributed by atoms with Crippen LogP contribution in [0, 0.1) is 11.6 Å². The highest BCUT2D eigenvalue weighted by Crippen LogP contribution is 2.27. The molecule has 0 aromatic heterocycles. The number of nitrogens with one attached hydrogen (secondary N) is 1. The second-order valence-corrected chi connectivity index (χ2v) is 4.38. The van der Waals surface area contributed by atoms with Gasteiger partial charge >= 0.3 is 0 Å². The molecule has 0 aliphatic rings. The van der Waals surface area contributed by atoms with E-state index in [1.807, 2.05) is 0 Å². The summed E-state index contributed by atoms with van der Waals surface area (Å²) >= 11 is 5.81. The van der Waals surface area contributed by atoms with Gasteiger partial charge in [-0.15, -0.1) is 0 Å². The summed E-state index contributed by atoms with van der Waals surface area (Å²) < 4.78 is 31.5. The van der Waals surface area contributed by atoms with Gasteiger partial charge in [0.05, 0.1) is 17.3 Å². The molecule has 0 aliphatic heterocycles. The van der Waals surface area contributed by atoms with Crippen molar-refractivity contribution in [3.8, 4) is 0 Å². The highest BCUT2D eigenvalue weighted by Gasteiger charge is 2.14. The molecule has 0 fully saturated rings. The number of rotatable bonds is 7. The normalized spacial score (nSPS) is 12.5. The molecule has 1 aromatic rings. The second kappa shape index (κ2) is 7.51. The molecule has 3 N–H and O–H groups in total. The summed E-state index contributed by atoms with van der Waals surface area (Å²) in [5.41, 5.74) is 5.52. The molecule has 1 rings (SSSR count). The monoisotopic (exact) mass is 278 g/mol. The summed E-state index contributed by atoms with van der Waals surface area (Å²) in [6.45, 7) is 0.939. The number of nitrogens with two attached hydrogens (primary N) is 1. The van der Waals surface area contributed by atoms with E-state index in [0.29, 0.717) is 13.2 Å². The Labute approximate surface area is 110 Å². The molecule has 18 heavy (non-hydrogen) atoms. The SMILES string of the molecule is COCC(CCCN)Nc1c(F)cc(F)cc1Cl. The third-order valence-electron chi connectivity index (χ3n) is 2.48. The zero-order chi connectivity index (χ0) is 13.5. The van der Waals surface area contributed by atoms with Gasteiger partial charge in [-0.2, -0.15) is 0 Å². The molecule has 1 aromatic carbocycles. The van der Waals surface area contributed by atoms with Crippen LogP contribution in [0.4, 0.5) is 14.5 Å². The molecule has 0 aliphatic carbocycles. The van der Waals surface area contributed by atoms with Gasteiger partial charge in [-0.1, -0.05) is 11.6 Å². The molecule has 3 nitrogen and oxygen atoms in total. The van der Waals surface area contributed by atoms with Gasteiger partial charge in [0.15, 0.2) is 5.82 Å². The molecular weight excluding hydrogens is 262 g/mol. The van der Waals surface area contributed by atoms with E-state index in [9.17, 15) is 8.78 Å². The molecule has 1 atom stereocenters. The maximum absolute atomic E-state index is 13.6. The summed E-state index contributed by atoms with van der Waals surface area (Å²) in [6, 6.07) is 1.75. The van der Waals surface area contributed by atoms with Gasteiger partial charge in [-0.05, 0) is 25.5 Å². The Kier molecular flexibility index (Phi) is 6.32. The summed E-state index contributed by atoms with van der Waals surface area (Å²) in [5.74, 6) is -1.41. The zero-order valence-corrected chi connectivity index (χ0v) is 10.9.